The van der Waals surface area contributed by atoms with E-state index in [1.54, 1.807) is 25.1 Å². The van der Waals surface area contributed by atoms with Crippen molar-refractivity contribution in [2.45, 2.75) is 56.1 Å². The molecule has 0 bridgehead atoms. The van der Waals surface area contributed by atoms with Gasteiger partial charge in [0.05, 0.1) is 19.1 Å². The first-order chi connectivity index (χ1) is 15.2. The Bertz CT molecular complexity index is 963. The maximum absolute atomic E-state index is 12.3. The van der Waals surface area contributed by atoms with Gasteiger partial charge in [0.2, 0.25) is 11.7 Å². The molecule has 4 rings (SSSR count). The molecule has 1 N–H and O–H groups in total. The summed E-state index contributed by atoms with van der Waals surface area (Å²) in [6.45, 7) is 0. The highest BCUT2D eigenvalue weighted by Gasteiger charge is 2.19. The molecule has 31 heavy (non-hydrogen) atoms. The van der Waals surface area contributed by atoms with Crippen LogP contribution in [0.1, 0.15) is 44.9 Å². The lowest BCUT2D eigenvalue weighted by Crippen LogP contribution is -2.36. The van der Waals surface area contributed by atoms with E-state index in [2.05, 4.69) is 15.5 Å². The Kier molecular flexibility index (Phi) is 7.30. The van der Waals surface area contributed by atoms with Gasteiger partial charge in [-0.3, -0.25) is 9.36 Å². The number of nitrogens with zero attached hydrogens (tertiary/aromatic N) is 3. The zero-order valence-corrected chi connectivity index (χ0v) is 18.6. The van der Waals surface area contributed by atoms with E-state index in [9.17, 15) is 4.79 Å². The predicted molar refractivity (Wildman–Crippen MR) is 121 cm³/mol. The highest BCUT2D eigenvalue weighted by molar-refractivity contribution is 7.99. The molecule has 7 nitrogen and oxygen atoms in total. The molecular weight excluding hydrogens is 412 g/mol. The fraction of sp³-hybridized carbons (Fsp3) is 0.435. The first kappa shape index (κ1) is 21.5. The number of amides is 1. The van der Waals surface area contributed by atoms with Crippen molar-refractivity contribution >= 4 is 17.7 Å². The van der Waals surface area contributed by atoms with Gasteiger partial charge in [0.1, 0.15) is 5.75 Å². The van der Waals surface area contributed by atoms with Gasteiger partial charge in [-0.1, -0.05) is 31.0 Å². The maximum Gasteiger partial charge on any atom is 0.220 e. The van der Waals surface area contributed by atoms with Crippen LogP contribution in [-0.2, 0) is 4.79 Å². The van der Waals surface area contributed by atoms with Gasteiger partial charge in [0, 0.05) is 18.2 Å². The summed E-state index contributed by atoms with van der Waals surface area (Å²) in [5, 5.41) is 12.7. The van der Waals surface area contributed by atoms with Gasteiger partial charge in [-0.05, 0) is 55.7 Å². The first-order valence-electron chi connectivity index (χ1n) is 10.8. The first-order valence-corrected chi connectivity index (χ1v) is 11.8. The zero-order valence-electron chi connectivity index (χ0n) is 17.8. The summed E-state index contributed by atoms with van der Waals surface area (Å²) in [7, 11) is 1.65. The largest absolute Gasteiger partial charge is 0.497 e. The van der Waals surface area contributed by atoms with Crippen LogP contribution in [0.3, 0.4) is 0 Å². The molecule has 0 unspecified atom stereocenters. The van der Waals surface area contributed by atoms with Crippen molar-refractivity contribution in [2.24, 2.45) is 0 Å². The fourth-order valence-electron chi connectivity index (χ4n) is 3.84. The number of nitrogens with one attached hydrogen (secondary N) is 1. The highest BCUT2D eigenvalue weighted by Crippen LogP contribution is 2.29. The standard InChI is InChI=1S/C23H28N4O3S/c1-29-19-13-11-18(12-14-19)27-22(20-9-5-15-30-20)25-26-23(27)31-16-6-10-21(28)24-17-7-3-2-4-8-17/h5,9,11-15,17H,2-4,6-8,10,16H2,1H3,(H,24,28). The molecule has 1 amide bonds. The predicted octanol–water partition coefficient (Wildman–Crippen LogP) is 4.86. The summed E-state index contributed by atoms with van der Waals surface area (Å²) in [6, 6.07) is 11.8. The van der Waals surface area contributed by atoms with E-state index in [0.29, 0.717) is 24.0 Å². The minimum absolute atomic E-state index is 0.153. The quantitative estimate of drug-likeness (QED) is 0.378. The molecule has 1 aliphatic carbocycles. The molecule has 0 atom stereocenters. The number of rotatable bonds is 9. The third kappa shape index (κ3) is 5.50. The second kappa shape index (κ2) is 10.5. The van der Waals surface area contributed by atoms with Gasteiger partial charge in [-0.25, -0.2) is 0 Å². The van der Waals surface area contributed by atoms with Crippen LogP contribution in [0.25, 0.3) is 17.3 Å². The lowest BCUT2D eigenvalue weighted by molar-refractivity contribution is -0.122. The van der Waals surface area contributed by atoms with Crippen LogP contribution in [0.4, 0.5) is 0 Å². The molecule has 8 heteroatoms. The van der Waals surface area contributed by atoms with E-state index in [0.717, 1.165) is 41.6 Å². The monoisotopic (exact) mass is 440 g/mol. The molecule has 1 aromatic carbocycles. The normalized spacial score (nSPS) is 14.5. The summed E-state index contributed by atoms with van der Waals surface area (Å²) < 4.78 is 12.8. The molecule has 0 radical (unpaired) electrons. The van der Waals surface area contributed by atoms with Gasteiger partial charge in [-0.2, -0.15) is 0 Å². The Morgan fingerprint density at radius 3 is 2.71 bits per heavy atom. The number of ether oxygens (including phenoxy) is 1. The van der Waals surface area contributed by atoms with Crippen molar-refractivity contribution in [1.82, 2.24) is 20.1 Å². The van der Waals surface area contributed by atoms with Gasteiger partial charge in [0.25, 0.3) is 0 Å². The van der Waals surface area contributed by atoms with Crippen LogP contribution in [0.5, 0.6) is 5.75 Å². The SMILES string of the molecule is COc1ccc(-n2c(SCCCC(=O)NC3CCCCC3)nnc2-c2ccco2)cc1. The van der Waals surface area contributed by atoms with Crippen LogP contribution in [-0.4, -0.2) is 39.6 Å². The van der Waals surface area contributed by atoms with E-state index in [4.69, 9.17) is 9.15 Å². The second-order valence-electron chi connectivity index (χ2n) is 7.67. The molecule has 2 heterocycles. The number of hydrogen-bond donors (Lipinski definition) is 1. The Hall–Kier alpha value is -2.74. The number of methoxy groups -OCH3 is 1. The van der Waals surface area contributed by atoms with Gasteiger partial charge >= 0.3 is 0 Å². The number of carbonyl (C=O) groups is 1. The molecule has 1 fully saturated rings. The van der Waals surface area contributed by atoms with Gasteiger partial charge in [-0.15, -0.1) is 10.2 Å². The van der Waals surface area contributed by atoms with E-state index >= 15 is 0 Å². The molecule has 1 aliphatic rings. The van der Waals surface area contributed by atoms with E-state index < -0.39 is 0 Å². The molecule has 0 spiro atoms. The van der Waals surface area contributed by atoms with Crippen molar-refractivity contribution in [2.75, 3.05) is 12.9 Å². The number of carbonyl (C=O) groups excluding carboxylic acids is 1. The Labute approximate surface area is 186 Å². The Morgan fingerprint density at radius 1 is 1.19 bits per heavy atom. The van der Waals surface area contributed by atoms with Crippen molar-refractivity contribution in [3.05, 3.63) is 42.7 Å². The molecule has 3 aromatic rings. The lowest BCUT2D eigenvalue weighted by atomic mass is 9.95. The lowest BCUT2D eigenvalue weighted by Gasteiger charge is -2.22. The number of hydrogen-bond acceptors (Lipinski definition) is 6. The van der Waals surface area contributed by atoms with E-state index in [1.165, 1.54) is 19.3 Å². The average molecular weight is 441 g/mol. The number of thioether (sulfide) groups is 1. The number of benzene rings is 1. The number of aromatic nitrogens is 3. The molecule has 0 aliphatic heterocycles. The Morgan fingerprint density at radius 2 is 2.00 bits per heavy atom. The molecular formula is C23H28N4O3S. The van der Waals surface area contributed by atoms with Crippen LogP contribution in [0.15, 0.2) is 52.2 Å². The summed E-state index contributed by atoms with van der Waals surface area (Å²) in [5.74, 6) is 3.02. The molecule has 164 valence electrons. The van der Waals surface area contributed by atoms with Crippen molar-refractivity contribution in [1.29, 1.82) is 0 Å². The van der Waals surface area contributed by atoms with Crippen LogP contribution < -0.4 is 10.1 Å². The second-order valence-corrected chi connectivity index (χ2v) is 8.73. The van der Waals surface area contributed by atoms with E-state index in [1.807, 2.05) is 41.0 Å². The van der Waals surface area contributed by atoms with Gasteiger partial charge < -0.3 is 14.5 Å². The van der Waals surface area contributed by atoms with Crippen molar-refractivity contribution in [3.63, 3.8) is 0 Å². The van der Waals surface area contributed by atoms with Crippen LogP contribution >= 0.6 is 11.8 Å². The summed E-state index contributed by atoms with van der Waals surface area (Å²) in [4.78, 5) is 12.3. The zero-order chi connectivity index (χ0) is 21.5. The number of furan rings is 1. The van der Waals surface area contributed by atoms with Crippen LogP contribution in [0.2, 0.25) is 0 Å². The summed E-state index contributed by atoms with van der Waals surface area (Å²) in [6.07, 6.45) is 8.90. The minimum Gasteiger partial charge on any atom is -0.497 e. The minimum atomic E-state index is 0.153. The van der Waals surface area contributed by atoms with Crippen LogP contribution in [0, 0.1) is 0 Å². The third-order valence-corrected chi connectivity index (χ3v) is 6.47. The van der Waals surface area contributed by atoms with Crippen molar-refractivity contribution in [3.8, 4) is 23.0 Å². The van der Waals surface area contributed by atoms with E-state index in [-0.39, 0.29) is 5.91 Å². The third-order valence-electron chi connectivity index (χ3n) is 5.46. The molecule has 1 saturated carbocycles. The average Bonchev–Trinajstić information content (AvgIpc) is 3.47. The fourth-order valence-corrected chi connectivity index (χ4v) is 4.73. The van der Waals surface area contributed by atoms with Gasteiger partial charge in [0.15, 0.2) is 10.9 Å². The molecule has 2 aromatic heterocycles. The highest BCUT2D eigenvalue weighted by atomic mass is 32.2. The van der Waals surface area contributed by atoms with Crippen molar-refractivity contribution < 1.29 is 13.9 Å². The topological polar surface area (TPSA) is 82.2 Å². The summed E-state index contributed by atoms with van der Waals surface area (Å²) in [5.41, 5.74) is 0.926. The smallest absolute Gasteiger partial charge is 0.220 e. The Balaban J connectivity index is 1.40. The maximum atomic E-state index is 12.3. The molecule has 0 saturated heterocycles. The summed E-state index contributed by atoms with van der Waals surface area (Å²) >= 11 is 1.59.